The first-order valence-electron chi connectivity index (χ1n) is 8.39. The summed E-state index contributed by atoms with van der Waals surface area (Å²) in [5.41, 5.74) is 4.47. The van der Waals surface area contributed by atoms with Crippen molar-refractivity contribution in [3.05, 3.63) is 64.7 Å². The molecule has 4 rings (SSSR count). The Balaban J connectivity index is 1.59. The van der Waals surface area contributed by atoms with Gasteiger partial charge in [0.2, 0.25) is 0 Å². The Kier molecular flexibility index (Phi) is 4.74. The molecular formula is C20H18ClN3OS. The lowest BCUT2D eigenvalue weighted by atomic mass is 10.1. The molecule has 2 heterocycles. The average molecular weight is 384 g/mol. The molecule has 0 aliphatic heterocycles. The van der Waals surface area contributed by atoms with E-state index in [0.29, 0.717) is 17.4 Å². The Labute approximate surface area is 161 Å². The highest BCUT2D eigenvalue weighted by atomic mass is 35.5. The van der Waals surface area contributed by atoms with Crippen molar-refractivity contribution in [1.82, 2.24) is 14.6 Å². The minimum absolute atomic E-state index is 0.548. The molecule has 132 valence electrons. The Morgan fingerprint density at radius 2 is 1.88 bits per heavy atom. The van der Waals surface area contributed by atoms with Crippen molar-refractivity contribution < 1.29 is 4.74 Å². The van der Waals surface area contributed by atoms with Crippen molar-refractivity contribution in [3.8, 4) is 5.75 Å². The molecule has 4 aromatic rings. The molecule has 26 heavy (non-hydrogen) atoms. The molecule has 0 atom stereocenters. The molecule has 0 radical (unpaired) electrons. The van der Waals surface area contributed by atoms with Crippen LogP contribution in [0.4, 0.5) is 0 Å². The van der Waals surface area contributed by atoms with Crippen LogP contribution in [0, 0.1) is 13.8 Å². The second-order valence-electron chi connectivity index (χ2n) is 6.10. The Morgan fingerprint density at radius 1 is 1.04 bits per heavy atom. The summed E-state index contributed by atoms with van der Waals surface area (Å²) in [6, 6.07) is 15.9. The summed E-state index contributed by atoms with van der Waals surface area (Å²) in [6.45, 7) is 4.78. The first kappa shape index (κ1) is 17.2. The van der Waals surface area contributed by atoms with Gasteiger partial charge >= 0.3 is 0 Å². The fourth-order valence-corrected chi connectivity index (χ4v) is 4.02. The minimum atomic E-state index is 0.548. The van der Waals surface area contributed by atoms with Crippen molar-refractivity contribution in [1.29, 1.82) is 0 Å². The molecular weight excluding hydrogens is 366 g/mol. The number of aromatic nitrogens is 3. The summed E-state index contributed by atoms with van der Waals surface area (Å²) < 4.78 is 7.90. The third-order valence-electron chi connectivity index (χ3n) is 4.30. The van der Waals surface area contributed by atoms with Gasteiger partial charge in [0.1, 0.15) is 5.75 Å². The van der Waals surface area contributed by atoms with Gasteiger partial charge in [0, 0.05) is 11.1 Å². The van der Waals surface area contributed by atoms with E-state index in [0.717, 1.165) is 16.6 Å². The van der Waals surface area contributed by atoms with Crippen molar-refractivity contribution in [2.75, 3.05) is 12.4 Å². The summed E-state index contributed by atoms with van der Waals surface area (Å²) in [5, 5.41) is 11.5. The SMILES string of the molecule is Cc1cc2nnc(SCCOc3ccccc3Cl)n2c2c(C)cccc12. The van der Waals surface area contributed by atoms with Crippen LogP contribution >= 0.6 is 23.4 Å². The normalized spacial score (nSPS) is 11.3. The molecule has 2 aromatic heterocycles. The number of thioether (sulfide) groups is 1. The molecule has 0 unspecified atom stereocenters. The number of ether oxygens (including phenoxy) is 1. The lowest BCUT2D eigenvalue weighted by Gasteiger charge is -2.10. The molecule has 0 fully saturated rings. The van der Waals surface area contributed by atoms with E-state index in [4.69, 9.17) is 16.3 Å². The van der Waals surface area contributed by atoms with Gasteiger partial charge in [0.25, 0.3) is 0 Å². The third kappa shape index (κ3) is 3.13. The molecule has 0 saturated carbocycles. The highest BCUT2D eigenvalue weighted by Gasteiger charge is 2.13. The number of aryl methyl sites for hydroxylation is 2. The molecule has 0 aliphatic carbocycles. The number of pyridine rings is 1. The molecule has 6 heteroatoms. The van der Waals surface area contributed by atoms with Crippen LogP contribution in [0.25, 0.3) is 16.6 Å². The van der Waals surface area contributed by atoms with Gasteiger partial charge < -0.3 is 4.74 Å². The van der Waals surface area contributed by atoms with Crippen molar-refractivity contribution in [2.45, 2.75) is 19.0 Å². The topological polar surface area (TPSA) is 39.4 Å². The largest absolute Gasteiger partial charge is 0.491 e. The summed E-state index contributed by atoms with van der Waals surface area (Å²) in [7, 11) is 0. The van der Waals surface area contributed by atoms with Gasteiger partial charge in [-0.15, -0.1) is 10.2 Å². The predicted octanol–water partition coefficient (Wildman–Crippen LogP) is 5.32. The maximum atomic E-state index is 6.12. The molecule has 4 nitrogen and oxygen atoms in total. The number of nitrogens with zero attached hydrogens (tertiary/aromatic N) is 3. The lowest BCUT2D eigenvalue weighted by molar-refractivity contribution is 0.344. The average Bonchev–Trinajstić information content (AvgIpc) is 3.03. The van der Waals surface area contributed by atoms with E-state index in [1.165, 1.54) is 22.0 Å². The number of hydrogen-bond donors (Lipinski definition) is 0. The maximum absolute atomic E-state index is 6.12. The summed E-state index contributed by atoms with van der Waals surface area (Å²) in [6.07, 6.45) is 0. The summed E-state index contributed by atoms with van der Waals surface area (Å²) >= 11 is 7.75. The van der Waals surface area contributed by atoms with Crippen LogP contribution in [0.3, 0.4) is 0 Å². The summed E-state index contributed by atoms with van der Waals surface area (Å²) in [4.78, 5) is 0. The van der Waals surface area contributed by atoms with E-state index in [1.807, 2.05) is 24.3 Å². The fourth-order valence-electron chi connectivity index (χ4n) is 3.07. The predicted molar refractivity (Wildman–Crippen MR) is 108 cm³/mol. The van der Waals surface area contributed by atoms with Crippen molar-refractivity contribution in [2.24, 2.45) is 0 Å². The Morgan fingerprint density at radius 3 is 2.73 bits per heavy atom. The maximum Gasteiger partial charge on any atom is 0.196 e. The lowest BCUT2D eigenvalue weighted by Crippen LogP contribution is -2.02. The van der Waals surface area contributed by atoms with Gasteiger partial charge in [0.15, 0.2) is 10.8 Å². The molecule has 0 N–H and O–H groups in total. The Bertz CT molecular complexity index is 1090. The van der Waals surface area contributed by atoms with Gasteiger partial charge in [-0.3, -0.25) is 4.40 Å². The van der Waals surface area contributed by atoms with E-state index in [-0.39, 0.29) is 0 Å². The molecule has 0 aliphatic rings. The molecule has 0 saturated heterocycles. The quantitative estimate of drug-likeness (QED) is 0.345. The minimum Gasteiger partial charge on any atom is -0.491 e. The fraction of sp³-hybridized carbons (Fsp3) is 0.200. The van der Waals surface area contributed by atoms with E-state index >= 15 is 0 Å². The first-order chi connectivity index (χ1) is 12.6. The van der Waals surface area contributed by atoms with Gasteiger partial charge in [-0.05, 0) is 43.2 Å². The second-order valence-corrected chi connectivity index (χ2v) is 7.57. The van der Waals surface area contributed by atoms with Gasteiger partial charge in [-0.1, -0.05) is 53.7 Å². The van der Waals surface area contributed by atoms with Gasteiger partial charge in [0.05, 0.1) is 17.1 Å². The molecule has 0 amide bonds. The Hall–Kier alpha value is -2.24. The monoisotopic (exact) mass is 383 g/mol. The third-order valence-corrected chi connectivity index (χ3v) is 5.50. The molecule has 0 spiro atoms. The molecule has 0 bridgehead atoms. The van der Waals surface area contributed by atoms with Crippen LogP contribution in [0.15, 0.2) is 53.7 Å². The number of halogens is 1. The van der Waals surface area contributed by atoms with Crippen LogP contribution in [-0.4, -0.2) is 27.0 Å². The highest BCUT2D eigenvalue weighted by Crippen LogP contribution is 2.28. The standard InChI is InChI=1S/C20H18ClN3OS/c1-13-6-5-7-15-14(2)12-18-22-23-20(24(18)19(13)15)26-11-10-25-17-9-4-3-8-16(17)21/h3-9,12H,10-11H2,1-2H3. The van der Waals surface area contributed by atoms with E-state index < -0.39 is 0 Å². The zero-order valence-electron chi connectivity index (χ0n) is 14.6. The van der Waals surface area contributed by atoms with E-state index in [1.54, 1.807) is 11.8 Å². The van der Waals surface area contributed by atoms with Crippen LogP contribution in [-0.2, 0) is 0 Å². The number of hydrogen-bond acceptors (Lipinski definition) is 4. The number of fused-ring (bicyclic) bond motifs is 3. The molecule has 2 aromatic carbocycles. The second kappa shape index (κ2) is 7.17. The smallest absolute Gasteiger partial charge is 0.196 e. The zero-order chi connectivity index (χ0) is 18.1. The summed E-state index contributed by atoms with van der Waals surface area (Å²) in [5.74, 6) is 1.46. The van der Waals surface area contributed by atoms with Crippen LogP contribution in [0.1, 0.15) is 11.1 Å². The van der Waals surface area contributed by atoms with Crippen LogP contribution in [0.2, 0.25) is 5.02 Å². The van der Waals surface area contributed by atoms with Crippen LogP contribution < -0.4 is 4.74 Å². The van der Waals surface area contributed by atoms with Gasteiger partial charge in [-0.25, -0.2) is 0 Å². The van der Waals surface area contributed by atoms with E-state index in [2.05, 4.69) is 52.7 Å². The zero-order valence-corrected chi connectivity index (χ0v) is 16.1. The first-order valence-corrected chi connectivity index (χ1v) is 9.75. The van der Waals surface area contributed by atoms with Crippen LogP contribution in [0.5, 0.6) is 5.75 Å². The van der Waals surface area contributed by atoms with Gasteiger partial charge in [-0.2, -0.15) is 0 Å². The van der Waals surface area contributed by atoms with E-state index in [9.17, 15) is 0 Å². The van der Waals surface area contributed by atoms with Crippen molar-refractivity contribution in [3.63, 3.8) is 0 Å². The number of para-hydroxylation sites is 2. The highest BCUT2D eigenvalue weighted by molar-refractivity contribution is 7.99. The number of benzene rings is 2. The van der Waals surface area contributed by atoms with Crippen molar-refractivity contribution >= 4 is 39.9 Å². The number of rotatable bonds is 5.